The summed E-state index contributed by atoms with van der Waals surface area (Å²) < 4.78 is 0. The van der Waals surface area contributed by atoms with Gasteiger partial charge in [0, 0.05) is 11.1 Å². The summed E-state index contributed by atoms with van der Waals surface area (Å²) in [5.74, 6) is 0.382. The van der Waals surface area contributed by atoms with E-state index in [2.05, 4.69) is 26.1 Å². The van der Waals surface area contributed by atoms with Gasteiger partial charge in [0.05, 0.1) is 6.10 Å². The van der Waals surface area contributed by atoms with Gasteiger partial charge in [-0.3, -0.25) is 0 Å². The number of aliphatic hydroxyl groups excluding tert-OH is 1. The lowest BCUT2D eigenvalue weighted by molar-refractivity contribution is 0.105. The van der Waals surface area contributed by atoms with Crippen LogP contribution in [0, 0.1) is 5.92 Å². The number of benzene rings is 1. The summed E-state index contributed by atoms with van der Waals surface area (Å²) in [6, 6.07) is 7.51. The van der Waals surface area contributed by atoms with E-state index in [4.69, 9.17) is 11.6 Å². The lowest BCUT2D eigenvalue weighted by Gasteiger charge is -2.28. The molecule has 0 aliphatic rings. The molecule has 18 heavy (non-hydrogen) atoms. The lowest BCUT2D eigenvalue weighted by Crippen LogP contribution is -2.39. The highest BCUT2D eigenvalue weighted by atomic mass is 35.5. The summed E-state index contributed by atoms with van der Waals surface area (Å²) in [4.78, 5) is 0. The zero-order valence-corrected chi connectivity index (χ0v) is 12.2. The molecule has 0 aliphatic heterocycles. The van der Waals surface area contributed by atoms with Crippen LogP contribution in [-0.2, 0) is 0 Å². The number of hydrogen-bond donors (Lipinski definition) is 2. The van der Waals surface area contributed by atoms with Crippen LogP contribution in [0.15, 0.2) is 24.3 Å². The first-order valence-corrected chi connectivity index (χ1v) is 7.11. The molecule has 1 aromatic carbocycles. The van der Waals surface area contributed by atoms with Crippen LogP contribution >= 0.6 is 11.6 Å². The first-order chi connectivity index (χ1) is 8.56. The van der Waals surface area contributed by atoms with Crippen LogP contribution in [0.5, 0.6) is 0 Å². The van der Waals surface area contributed by atoms with Gasteiger partial charge in [0.25, 0.3) is 0 Å². The van der Waals surface area contributed by atoms with Gasteiger partial charge < -0.3 is 10.4 Å². The van der Waals surface area contributed by atoms with Crippen molar-refractivity contribution in [1.29, 1.82) is 0 Å². The monoisotopic (exact) mass is 269 g/mol. The van der Waals surface area contributed by atoms with Crippen LogP contribution < -0.4 is 5.32 Å². The molecule has 3 heteroatoms. The zero-order chi connectivity index (χ0) is 13.5. The van der Waals surface area contributed by atoms with E-state index in [0.29, 0.717) is 10.9 Å². The molecule has 2 unspecified atom stereocenters. The van der Waals surface area contributed by atoms with Crippen LogP contribution in [0.1, 0.15) is 45.3 Å². The van der Waals surface area contributed by atoms with Gasteiger partial charge in [-0.2, -0.15) is 0 Å². The fourth-order valence-corrected chi connectivity index (χ4v) is 2.15. The van der Waals surface area contributed by atoms with E-state index >= 15 is 0 Å². The molecule has 0 saturated heterocycles. The standard InChI is InChI=1S/C15H24ClNO/c1-4-5-10-17-14(11(2)3)15(18)12-6-8-13(16)9-7-12/h6-9,11,14-15,17-18H,4-5,10H2,1-3H3. The molecule has 0 spiro atoms. The Morgan fingerprint density at radius 2 is 1.83 bits per heavy atom. The van der Waals surface area contributed by atoms with E-state index in [1.54, 1.807) is 0 Å². The third-order valence-electron chi connectivity index (χ3n) is 3.18. The molecule has 0 aromatic heterocycles. The molecule has 0 amide bonds. The van der Waals surface area contributed by atoms with Crippen molar-refractivity contribution in [2.45, 2.75) is 45.8 Å². The second kappa shape index (κ2) is 7.78. The molecule has 2 atom stereocenters. The van der Waals surface area contributed by atoms with Crippen LogP contribution in [0.3, 0.4) is 0 Å². The minimum Gasteiger partial charge on any atom is -0.387 e. The smallest absolute Gasteiger partial charge is 0.0945 e. The Bertz CT molecular complexity index is 337. The van der Waals surface area contributed by atoms with Crippen molar-refractivity contribution in [2.75, 3.05) is 6.54 Å². The summed E-state index contributed by atoms with van der Waals surface area (Å²) in [5, 5.41) is 14.6. The lowest BCUT2D eigenvalue weighted by atomic mass is 9.93. The van der Waals surface area contributed by atoms with Gasteiger partial charge in [0.2, 0.25) is 0 Å². The molecule has 0 radical (unpaired) electrons. The Hall–Kier alpha value is -0.570. The van der Waals surface area contributed by atoms with E-state index in [0.717, 1.165) is 24.9 Å². The molecule has 0 saturated carbocycles. The average molecular weight is 270 g/mol. The number of rotatable bonds is 7. The molecule has 0 aliphatic carbocycles. The first kappa shape index (κ1) is 15.5. The summed E-state index contributed by atoms with van der Waals surface area (Å²) in [6.07, 6.45) is 1.81. The predicted octanol–water partition coefficient (Wildman–Crippen LogP) is 3.79. The highest BCUT2D eigenvalue weighted by Gasteiger charge is 2.23. The minimum absolute atomic E-state index is 0.0812. The van der Waals surface area contributed by atoms with Gasteiger partial charge in [0.15, 0.2) is 0 Å². The maximum atomic E-state index is 10.4. The molecule has 1 rings (SSSR count). The Labute approximate surface area is 115 Å². The summed E-state index contributed by atoms with van der Waals surface area (Å²) in [6.45, 7) is 7.37. The van der Waals surface area contributed by atoms with Gasteiger partial charge in [0.1, 0.15) is 0 Å². The average Bonchev–Trinajstić information content (AvgIpc) is 2.34. The maximum Gasteiger partial charge on any atom is 0.0945 e. The van der Waals surface area contributed by atoms with Crippen LogP contribution in [0.2, 0.25) is 5.02 Å². The van der Waals surface area contributed by atoms with Crippen molar-refractivity contribution in [1.82, 2.24) is 5.32 Å². The summed E-state index contributed by atoms with van der Waals surface area (Å²) in [7, 11) is 0. The van der Waals surface area contributed by atoms with Crippen molar-refractivity contribution in [3.63, 3.8) is 0 Å². The van der Waals surface area contributed by atoms with Crippen molar-refractivity contribution in [2.24, 2.45) is 5.92 Å². The molecule has 102 valence electrons. The van der Waals surface area contributed by atoms with Gasteiger partial charge in [-0.1, -0.05) is 50.9 Å². The number of nitrogens with one attached hydrogen (secondary N) is 1. The third-order valence-corrected chi connectivity index (χ3v) is 3.43. The van der Waals surface area contributed by atoms with Gasteiger partial charge in [-0.05, 0) is 36.6 Å². The Morgan fingerprint density at radius 3 is 2.33 bits per heavy atom. The maximum absolute atomic E-state index is 10.4. The molecular formula is C15H24ClNO. The first-order valence-electron chi connectivity index (χ1n) is 6.73. The van der Waals surface area contributed by atoms with E-state index in [-0.39, 0.29) is 6.04 Å². The third kappa shape index (κ3) is 4.60. The fourth-order valence-electron chi connectivity index (χ4n) is 2.02. The van der Waals surface area contributed by atoms with Crippen LogP contribution in [0.4, 0.5) is 0 Å². The molecule has 0 bridgehead atoms. The van der Waals surface area contributed by atoms with Crippen LogP contribution in [0.25, 0.3) is 0 Å². The highest BCUT2D eigenvalue weighted by molar-refractivity contribution is 6.30. The van der Waals surface area contributed by atoms with Crippen molar-refractivity contribution >= 4 is 11.6 Å². The van der Waals surface area contributed by atoms with E-state index in [1.807, 2.05) is 24.3 Å². The van der Waals surface area contributed by atoms with Crippen molar-refractivity contribution < 1.29 is 5.11 Å². The fraction of sp³-hybridized carbons (Fsp3) is 0.600. The molecule has 0 heterocycles. The topological polar surface area (TPSA) is 32.3 Å². The molecule has 2 N–H and O–H groups in total. The molecule has 0 fully saturated rings. The molecule has 2 nitrogen and oxygen atoms in total. The second-order valence-electron chi connectivity index (χ2n) is 5.07. The van der Waals surface area contributed by atoms with Crippen LogP contribution in [-0.4, -0.2) is 17.7 Å². The summed E-state index contributed by atoms with van der Waals surface area (Å²) >= 11 is 5.86. The Morgan fingerprint density at radius 1 is 1.22 bits per heavy atom. The Kier molecular flexibility index (Phi) is 6.69. The van der Waals surface area contributed by atoms with Gasteiger partial charge in [-0.15, -0.1) is 0 Å². The number of hydrogen-bond acceptors (Lipinski definition) is 2. The summed E-state index contributed by atoms with van der Waals surface area (Å²) in [5.41, 5.74) is 0.919. The minimum atomic E-state index is -0.487. The van der Waals surface area contributed by atoms with E-state index in [9.17, 15) is 5.11 Å². The van der Waals surface area contributed by atoms with Gasteiger partial charge in [-0.25, -0.2) is 0 Å². The van der Waals surface area contributed by atoms with Gasteiger partial charge >= 0.3 is 0 Å². The quantitative estimate of drug-likeness (QED) is 0.738. The normalized spacial score (nSPS) is 14.8. The second-order valence-corrected chi connectivity index (χ2v) is 5.51. The van der Waals surface area contributed by atoms with E-state index in [1.165, 1.54) is 0 Å². The van der Waals surface area contributed by atoms with E-state index < -0.39 is 6.10 Å². The number of aliphatic hydroxyl groups is 1. The zero-order valence-electron chi connectivity index (χ0n) is 11.5. The molecular weight excluding hydrogens is 246 g/mol. The van der Waals surface area contributed by atoms with Crippen molar-refractivity contribution in [3.05, 3.63) is 34.9 Å². The number of unbranched alkanes of at least 4 members (excludes halogenated alkanes) is 1. The SMILES string of the molecule is CCCCNC(C(C)C)C(O)c1ccc(Cl)cc1. The Balaban J connectivity index is 2.69. The largest absolute Gasteiger partial charge is 0.387 e. The highest BCUT2D eigenvalue weighted by Crippen LogP contribution is 2.23. The predicted molar refractivity (Wildman–Crippen MR) is 77.9 cm³/mol. The number of halogens is 1. The van der Waals surface area contributed by atoms with Crippen molar-refractivity contribution in [3.8, 4) is 0 Å². The molecule has 1 aromatic rings.